The maximum Gasteiger partial charge on any atom is 0.522 e. The summed E-state index contributed by atoms with van der Waals surface area (Å²) in [6.45, 7) is 0.838. The van der Waals surface area contributed by atoms with Crippen LogP contribution in [0.2, 0.25) is 0 Å². The molecule has 0 saturated carbocycles. The van der Waals surface area contributed by atoms with Crippen molar-refractivity contribution in [2.75, 3.05) is 30.9 Å². The molecule has 256 valence electrons. The molecule has 10 nitrogen and oxygen atoms in total. The second kappa shape index (κ2) is 16.4. The molecule has 1 atom stereocenters. The zero-order chi connectivity index (χ0) is 34.8. The van der Waals surface area contributed by atoms with Crippen LogP contribution in [0.4, 0.5) is 13.2 Å². The van der Waals surface area contributed by atoms with Crippen LogP contribution in [0.25, 0.3) is 11.1 Å². The number of nitrogens with zero attached hydrogens (tertiary/aromatic N) is 1. The molecule has 0 heterocycles. The van der Waals surface area contributed by atoms with E-state index in [1.165, 1.54) is 16.4 Å². The van der Waals surface area contributed by atoms with Gasteiger partial charge in [-0.05, 0) is 66.1 Å². The third kappa shape index (κ3) is 12.4. The van der Waals surface area contributed by atoms with Gasteiger partial charge in [-0.1, -0.05) is 60.7 Å². The minimum absolute atomic E-state index is 0.0229. The normalized spacial score (nSPS) is 13.0. The van der Waals surface area contributed by atoms with Crippen LogP contribution in [-0.2, 0) is 42.4 Å². The number of aryl methyl sites for hydroxylation is 1. The molecule has 2 N–H and O–H groups in total. The second-order valence-electron chi connectivity index (χ2n) is 11.0. The lowest BCUT2D eigenvalue weighted by Gasteiger charge is -2.24. The number of ether oxygens (including phenoxy) is 1. The van der Waals surface area contributed by atoms with Gasteiger partial charge >= 0.3 is 12.3 Å². The van der Waals surface area contributed by atoms with Gasteiger partial charge in [-0.25, -0.2) is 21.6 Å². The smallest absolute Gasteiger partial charge is 0.480 e. The van der Waals surface area contributed by atoms with Gasteiger partial charge < -0.3 is 10.4 Å². The molecule has 47 heavy (non-hydrogen) atoms. The Morgan fingerprint density at radius 3 is 2.19 bits per heavy atom. The number of hydrogen-bond acceptors (Lipinski definition) is 7. The lowest BCUT2D eigenvalue weighted by Crippen LogP contribution is -2.42. The molecule has 0 saturated heterocycles. The van der Waals surface area contributed by atoms with Crippen LogP contribution in [0, 0.1) is 6.92 Å². The van der Waals surface area contributed by atoms with Crippen molar-refractivity contribution in [1.82, 2.24) is 9.62 Å². The minimum Gasteiger partial charge on any atom is -0.480 e. The number of benzene rings is 3. The number of carboxylic acid groups (broad SMARTS) is 1. The molecule has 1 unspecified atom stereocenters. The number of rotatable bonds is 17. The summed E-state index contributed by atoms with van der Waals surface area (Å²) < 4.78 is 92.4. The van der Waals surface area contributed by atoms with Crippen molar-refractivity contribution in [2.45, 2.75) is 45.1 Å². The first kappa shape index (κ1) is 37.7. The number of amides is 1. The van der Waals surface area contributed by atoms with Gasteiger partial charge in [0.05, 0.1) is 18.1 Å². The Kier molecular flexibility index (Phi) is 13.1. The number of sulfone groups is 1. The molecular formula is C32H37F3N2O8S2. The molecule has 15 heteroatoms. The number of sulfonamides is 1. The number of nitrogens with one attached hydrogen (secondary N) is 1. The molecule has 0 aliphatic heterocycles. The first-order valence-corrected chi connectivity index (χ1v) is 18.2. The summed E-state index contributed by atoms with van der Waals surface area (Å²) in [5.41, 5.74) is 3.16. The molecular weight excluding hydrogens is 661 g/mol. The van der Waals surface area contributed by atoms with E-state index in [2.05, 4.69) is 10.1 Å². The molecule has 0 radical (unpaired) electrons. The quantitative estimate of drug-likeness (QED) is 0.195. The number of halogens is 3. The van der Waals surface area contributed by atoms with Gasteiger partial charge in [0.1, 0.15) is 15.9 Å². The minimum atomic E-state index is -4.88. The fourth-order valence-corrected chi connectivity index (χ4v) is 6.91. The van der Waals surface area contributed by atoms with E-state index in [1.807, 2.05) is 18.2 Å². The van der Waals surface area contributed by atoms with Crippen molar-refractivity contribution >= 4 is 31.7 Å². The predicted octanol–water partition coefficient (Wildman–Crippen LogP) is 4.58. The summed E-state index contributed by atoms with van der Waals surface area (Å²) in [7, 11) is -7.57. The SMILES string of the molecule is Cc1ccccc1-c1cc(CN(CCc2ccccc2)S(=O)(=O)CCCOC(F)(F)F)ccc1C(=O)NC(CCS(C)(=O)=O)C(=O)O. The van der Waals surface area contributed by atoms with E-state index in [0.717, 1.165) is 17.4 Å². The Morgan fingerprint density at radius 2 is 1.57 bits per heavy atom. The number of aliphatic carboxylic acids is 1. The Bertz CT molecular complexity index is 1750. The average Bonchev–Trinajstić information content (AvgIpc) is 2.99. The lowest BCUT2D eigenvalue weighted by atomic mass is 9.93. The van der Waals surface area contributed by atoms with Crippen LogP contribution < -0.4 is 5.32 Å². The maximum atomic E-state index is 13.4. The maximum absolute atomic E-state index is 13.4. The Balaban J connectivity index is 1.96. The van der Waals surface area contributed by atoms with Crippen LogP contribution in [0.3, 0.4) is 0 Å². The van der Waals surface area contributed by atoms with Crippen molar-refractivity contribution in [3.8, 4) is 11.1 Å². The third-order valence-electron chi connectivity index (χ3n) is 7.20. The monoisotopic (exact) mass is 698 g/mol. The molecule has 0 aromatic heterocycles. The molecule has 0 bridgehead atoms. The number of carbonyl (C=O) groups excluding carboxylic acids is 1. The average molecular weight is 699 g/mol. The Hall–Kier alpha value is -3.79. The van der Waals surface area contributed by atoms with E-state index >= 15 is 0 Å². The molecule has 3 rings (SSSR count). The summed E-state index contributed by atoms with van der Waals surface area (Å²) >= 11 is 0. The molecule has 0 aliphatic carbocycles. The van der Waals surface area contributed by atoms with E-state index in [9.17, 15) is 44.7 Å². The fraction of sp³-hybridized carbons (Fsp3) is 0.375. The first-order chi connectivity index (χ1) is 21.9. The number of alkyl halides is 3. The molecule has 0 fully saturated rings. The highest BCUT2D eigenvalue weighted by Gasteiger charge is 2.30. The number of carbonyl (C=O) groups is 2. The Labute approximate surface area is 272 Å². The van der Waals surface area contributed by atoms with Gasteiger partial charge in [-0.15, -0.1) is 13.2 Å². The van der Waals surface area contributed by atoms with Crippen molar-refractivity contribution in [3.63, 3.8) is 0 Å². The molecule has 1 amide bonds. The standard InChI is InChI=1S/C32H37F3N2O8S2/c1-23-9-6-7-12-26(23)28-21-25(13-14-27(28)30(38)36-29(31(39)40)16-20-46(2,41)42)22-37(17-15-24-10-4-3-5-11-24)47(43,44)19-8-18-45-32(33,34)35/h3-7,9-14,21,29H,8,15-20,22H2,1-2H3,(H,36,38)(H,39,40). The molecule has 0 aliphatic rings. The molecule has 0 spiro atoms. The van der Waals surface area contributed by atoms with Crippen LogP contribution >= 0.6 is 0 Å². The summed E-state index contributed by atoms with van der Waals surface area (Å²) in [6.07, 6.45) is -4.33. The van der Waals surface area contributed by atoms with Gasteiger partial charge in [-0.3, -0.25) is 9.53 Å². The summed E-state index contributed by atoms with van der Waals surface area (Å²) in [5.74, 6) is -3.22. The second-order valence-corrected chi connectivity index (χ2v) is 15.4. The van der Waals surface area contributed by atoms with Crippen molar-refractivity contribution in [1.29, 1.82) is 0 Å². The highest BCUT2D eigenvalue weighted by Crippen LogP contribution is 2.29. The molecule has 3 aromatic rings. The van der Waals surface area contributed by atoms with Gasteiger partial charge in [0.25, 0.3) is 5.91 Å². The van der Waals surface area contributed by atoms with Crippen LogP contribution in [-0.4, -0.2) is 81.4 Å². The highest BCUT2D eigenvalue weighted by atomic mass is 32.2. The zero-order valence-corrected chi connectivity index (χ0v) is 27.5. The summed E-state index contributed by atoms with van der Waals surface area (Å²) in [4.78, 5) is 25.3. The third-order valence-corrected chi connectivity index (χ3v) is 10.1. The fourth-order valence-electron chi connectivity index (χ4n) is 4.79. The van der Waals surface area contributed by atoms with E-state index in [0.29, 0.717) is 23.1 Å². The van der Waals surface area contributed by atoms with E-state index in [4.69, 9.17) is 0 Å². The van der Waals surface area contributed by atoms with Gasteiger partial charge in [0, 0.05) is 24.9 Å². The van der Waals surface area contributed by atoms with Gasteiger partial charge in [0.2, 0.25) is 10.0 Å². The molecule has 3 aromatic carbocycles. The van der Waals surface area contributed by atoms with Crippen LogP contribution in [0.15, 0.2) is 72.8 Å². The summed E-state index contributed by atoms with van der Waals surface area (Å²) in [5, 5.41) is 12.0. The van der Waals surface area contributed by atoms with E-state index in [1.54, 1.807) is 49.4 Å². The largest absolute Gasteiger partial charge is 0.522 e. The number of hydrogen-bond donors (Lipinski definition) is 2. The highest BCUT2D eigenvalue weighted by molar-refractivity contribution is 7.90. The number of carboxylic acids is 1. The van der Waals surface area contributed by atoms with Gasteiger partial charge in [0.15, 0.2) is 0 Å². The predicted molar refractivity (Wildman–Crippen MR) is 171 cm³/mol. The lowest BCUT2D eigenvalue weighted by molar-refractivity contribution is -0.324. The zero-order valence-electron chi connectivity index (χ0n) is 25.9. The Morgan fingerprint density at radius 1 is 0.915 bits per heavy atom. The van der Waals surface area contributed by atoms with Crippen molar-refractivity contribution in [2.24, 2.45) is 0 Å². The van der Waals surface area contributed by atoms with Crippen LogP contribution in [0.5, 0.6) is 0 Å². The van der Waals surface area contributed by atoms with E-state index < -0.39 is 62.3 Å². The van der Waals surface area contributed by atoms with Crippen molar-refractivity contribution < 1.29 is 49.4 Å². The van der Waals surface area contributed by atoms with Gasteiger partial charge in [-0.2, -0.15) is 4.31 Å². The first-order valence-electron chi connectivity index (χ1n) is 14.6. The topological polar surface area (TPSA) is 147 Å². The van der Waals surface area contributed by atoms with Crippen molar-refractivity contribution in [3.05, 3.63) is 95.1 Å². The van der Waals surface area contributed by atoms with Crippen LogP contribution in [0.1, 0.15) is 39.9 Å². The van der Waals surface area contributed by atoms with E-state index in [-0.39, 0.29) is 31.5 Å². The summed E-state index contributed by atoms with van der Waals surface area (Å²) in [6, 6.07) is 19.2.